The topological polar surface area (TPSA) is 72.1 Å². The van der Waals surface area contributed by atoms with E-state index < -0.39 is 0 Å². The molecular formula is C20H18N4O2. The first-order chi connectivity index (χ1) is 12.7. The van der Waals surface area contributed by atoms with E-state index in [9.17, 15) is 4.79 Å². The Kier molecular flexibility index (Phi) is 4.31. The molecule has 0 N–H and O–H groups in total. The van der Waals surface area contributed by atoms with Crippen LogP contribution in [-0.2, 0) is 11.3 Å². The van der Waals surface area contributed by atoms with Gasteiger partial charge in [-0.15, -0.1) is 0 Å². The van der Waals surface area contributed by atoms with Crippen LogP contribution in [0, 0.1) is 0 Å². The van der Waals surface area contributed by atoms with Gasteiger partial charge in [0, 0.05) is 30.9 Å². The largest absolute Gasteiger partial charge is 0.337 e. The average Bonchev–Trinajstić information content (AvgIpc) is 3.31. The van der Waals surface area contributed by atoms with E-state index in [-0.39, 0.29) is 11.9 Å². The van der Waals surface area contributed by atoms with Crippen molar-refractivity contribution in [3.63, 3.8) is 0 Å². The number of benzene rings is 1. The Morgan fingerprint density at radius 2 is 1.96 bits per heavy atom. The molecule has 3 heterocycles. The first-order valence-corrected chi connectivity index (χ1v) is 8.49. The highest BCUT2D eigenvalue weighted by Crippen LogP contribution is 2.34. The second-order valence-electron chi connectivity index (χ2n) is 6.21. The lowest BCUT2D eigenvalue weighted by Crippen LogP contribution is -2.27. The molecule has 0 spiro atoms. The average molecular weight is 346 g/mol. The molecule has 1 atom stereocenters. The molecule has 26 heavy (non-hydrogen) atoms. The minimum Gasteiger partial charge on any atom is -0.337 e. The van der Waals surface area contributed by atoms with Crippen molar-refractivity contribution < 1.29 is 9.32 Å². The predicted molar refractivity (Wildman–Crippen MR) is 96.6 cm³/mol. The summed E-state index contributed by atoms with van der Waals surface area (Å²) < 4.78 is 5.47. The molecule has 0 aliphatic carbocycles. The lowest BCUT2D eigenvalue weighted by atomic mass is 10.1. The quantitative estimate of drug-likeness (QED) is 0.705. The van der Waals surface area contributed by atoms with Gasteiger partial charge >= 0.3 is 0 Å². The first-order valence-electron chi connectivity index (χ1n) is 8.49. The van der Waals surface area contributed by atoms with Crippen LogP contribution in [-0.4, -0.2) is 25.9 Å². The summed E-state index contributed by atoms with van der Waals surface area (Å²) in [6.45, 7) is 4.28. The van der Waals surface area contributed by atoms with Gasteiger partial charge in [0.25, 0.3) is 0 Å². The highest BCUT2D eigenvalue weighted by Gasteiger charge is 2.35. The summed E-state index contributed by atoms with van der Waals surface area (Å²) >= 11 is 0. The number of carbonyl (C=O) groups excluding carboxylic acids is 1. The van der Waals surface area contributed by atoms with Crippen LogP contribution in [0.25, 0.3) is 17.5 Å². The Labute approximate surface area is 151 Å². The molecule has 6 nitrogen and oxygen atoms in total. The zero-order valence-corrected chi connectivity index (χ0v) is 14.2. The molecule has 2 aromatic heterocycles. The summed E-state index contributed by atoms with van der Waals surface area (Å²) in [7, 11) is 0. The monoisotopic (exact) mass is 346 g/mol. The van der Waals surface area contributed by atoms with Crippen molar-refractivity contribution in [3.05, 3.63) is 72.4 Å². The molecule has 0 radical (unpaired) electrons. The SMILES string of the molecule is C=Cc1ccc(CN2C(=O)CCC2c2nc(-c3ccncc3)no2)cc1. The molecule has 6 heteroatoms. The van der Waals surface area contributed by atoms with E-state index in [2.05, 4.69) is 21.7 Å². The van der Waals surface area contributed by atoms with Crippen LogP contribution in [0.3, 0.4) is 0 Å². The van der Waals surface area contributed by atoms with E-state index in [1.54, 1.807) is 18.5 Å². The predicted octanol–water partition coefficient (Wildman–Crippen LogP) is 3.64. The smallest absolute Gasteiger partial charge is 0.249 e. The standard InChI is InChI=1S/C20H18N4O2/c1-2-14-3-5-15(6-4-14)13-24-17(7-8-18(24)25)20-22-19(23-26-20)16-9-11-21-12-10-16/h2-6,9-12,17H,1,7-8,13H2. The van der Waals surface area contributed by atoms with E-state index in [0.717, 1.165) is 16.7 Å². The van der Waals surface area contributed by atoms with Crippen LogP contribution in [0.15, 0.2) is 59.9 Å². The van der Waals surface area contributed by atoms with Crippen LogP contribution in [0.1, 0.15) is 35.9 Å². The van der Waals surface area contributed by atoms with Crippen molar-refractivity contribution >= 4 is 12.0 Å². The van der Waals surface area contributed by atoms with Gasteiger partial charge in [0.2, 0.25) is 17.6 Å². The van der Waals surface area contributed by atoms with E-state index in [0.29, 0.717) is 31.1 Å². The van der Waals surface area contributed by atoms with Crippen LogP contribution >= 0.6 is 0 Å². The number of aromatic nitrogens is 3. The number of likely N-dealkylation sites (tertiary alicyclic amines) is 1. The number of carbonyl (C=O) groups is 1. The summed E-state index contributed by atoms with van der Waals surface area (Å²) in [5, 5.41) is 4.06. The van der Waals surface area contributed by atoms with E-state index in [4.69, 9.17) is 4.52 Å². The Balaban J connectivity index is 1.56. The Hall–Kier alpha value is -3.28. The molecule has 3 aromatic rings. The summed E-state index contributed by atoms with van der Waals surface area (Å²) in [6.07, 6.45) is 6.34. The van der Waals surface area contributed by atoms with Crippen LogP contribution in [0.4, 0.5) is 0 Å². The molecule has 1 fully saturated rings. The van der Waals surface area contributed by atoms with Gasteiger partial charge in [-0.2, -0.15) is 4.98 Å². The lowest BCUT2D eigenvalue weighted by Gasteiger charge is -2.22. The van der Waals surface area contributed by atoms with Gasteiger partial charge in [0.15, 0.2) is 0 Å². The Morgan fingerprint density at radius 1 is 1.19 bits per heavy atom. The highest BCUT2D eigenvalue weighted by atomic mass is 16.5. The van der Waals surface area contributed by atoms with E-state index in [1.165, 1.54) is 0 Å². The molecule has 1 aromatic carbocycles. The molecule has 130 valence electrons. The van der Waals surface area contributed by atoms with Gasteiger partial charge < -0.3 is 9.42 Å². The maximum Gasteiger partial charge on any atom is 0.249 e. The number of pyridine rings is 1. The molecule has 1 aliphatic heterocycles. The molecule has 1 unspecified atom stereocenters. The van der Waals surface area contributed by atoms with Crippen molar-refractivity contribution in [1.29, 1.82) is 0 Å². The lowest BCUT2D eigenvalue weighted by molar-refractivity contribution is -0.129. The maximum absolute atomic E-state index is 12.4. The molecular weight excluding hydrogens is 328 g/mol. The summed E-state index contributed by atoms with van der Waals surface area (Å²) in [6, 6.07) is 11.5. The first kappa shape index (κ1) is 16.2. The fraction of sp³-hybridized carbons (Fsp3) is 0.200. The van der Waals surface area contributed by atoms with Gasteiger partial charge in [0.05, 0.1) is 0 Å². The third-order valence-corrected chi connectivity index (χ3v) is 4.56. The van der Waals surface area contributed by atoms with Crippen LogP contribution < -0.4 is 0 Å². The van der Waals surface area contributed by atoms with Gasteiger partial charge in [-0.05, 0) is 29.7 Å². The maximum atomic E-state index is 12.4. The minimum atomic E-state index is -0.190. The molecule has 0 bridgehead atoms. The number of rotatable bonds is 5. The van der Waals surface area contributed by atoms with Crippen molar-refractivity contribution in [2.24, 2.45) is 0 Å². The van der Waals surface area contributed by atoms with Gasteiger partial charge in [-0.3, -0.25) is 9.78 Å². The van der Waals surface area contributed by atoms with Gasteiger partial charge in [-0.25, -0.2) is 0 Å². The van der Waals surface area contributed by atoms with E-state index >= 15 is 0 Å². The van der Waals surface area contributed by atoms with Gasteiger partial charge in [-0.1, -0.05) is 42.1 Å². The fourth-order valence-corrected chi connectivity index (χ4v) is 3.13. The second kappa shape index (κ2) is 6.92. The van der Waals surface area contributed by atoms with Crippen LogP contribution in [0.5, 0.6) is 0 Å². The second-order valence-corrected chi connectivity index (χ2v) is 6.21. The molecule has 0 saturated carbocycles. The third kappa shape index (κ3) is 3.13. The summed E-state index contributed by atoms with van der Waals surface area (Å²) in [5.41, 5.74) is 2.95. The van der Waals surface area contributed by atoms with Crippen molar-refractivity contribution in [2.75, 3.05) is 0 Å². The van der Waals surface area contributed by atoms with E-state index in [1.807, 2.05) is 41.3 Å². The van der Waals surface area contributed by atoms with Crippen molar-refractivity contribution in [2.45, 2.75) is 25.4 Å². The number of hydrogen-bond acceptors (Lipinski definition) is 5. The van der Waals surface area contributed by atoms with Crippen LogP contribution in [0.2, 0.25) is 0 Å². The third-order valence-electron chi connectivity index (χ3n) is 4.56. The summed E-state index contributed by atoms with van der Waals surface area (Å²) in [4.78, 5) is 22.7. The van der Waals surface area contributed by atoms with Crippen molar-refractivity contribution in [3.8, 4) is 11.4 Å². The zero-order valence-electron chi connectivity index (χ0n) is 14.2. The molecule has 1 amide bonds. The number of hydrogen-bond donors (Lipinski definition) is 0. The molecule has 1 aliphatic rings. The Bertz CT molecular complexity index is 918. The van der Waals surface area contributed by atoms with Crippen molar-refractivity contribution in [1.82, 2.24) is 20.0 Å². The highest BCUT2D eigenvalue weighted by molar-refractivity contribution is 5.78. The zero-order chi connectivity index (χ0) is 17.9. The minimum absolute atomic E-state index is 0.103. The fourth-order valence-electron chi connectivity index (χ4n) is 3.13. The summed E-state index contributed by atoms with van der Waals surface area (Å²) in [5.74, 6) is 1.09. The molecule has 1 saturated heterocycles. The number of amides is 1. The van der Waals surface area contributed by atoms with Gasteiger partial charge in [0.1, 0.15) is 6.04 Å². The Morgan fingerprint density at radius 3 is 2.69 bits per heavy atom. The normalized spacial score (nSPS) is 16.8. The number of nitrogens with zero attached hydrogens (tertiary/aromatic N) is 4. The molecule has 4 rings (SSSR count).